The maximum absolute atomic E-state index is 12.4. The van der Waals surface area contributed by atoms with Gasteiger partial charge in [0.05, 0.1) is 10.6 Å². The van der Waals surface area contributed by atoms with E-state index < -0.39 is 10.0 Å². The number of halogens is 1. The minimum absolute atomic E-state index is 0.213. The fourth-order valence-corrected chi connectivity index (χ4v) is 3.22. The lowest BCUT2D eigenvalue weighted by atomic mass is 10.1. The van der Waals surface area contributed by atoms with Gasteiger partial charge in [-0.3, -0.25) is 4.72 Å². The van der Waals surface area contributed by atoms with Crippen molar-refractivity contribution in [3.63, 3.8) is 0 Å². The van der Waals surface area contributed by atoms with Gasteiger partial charge in [-0.05, 0) is 48.7 Å². The highest BCUT2D eigenvalue weighted by atomic mass is 35.5. The van der Waals surface area contributed by atoms with E-state index in [0.717, 1.165) is 17.5 Å². The lowest BCUT2D eigenvalue weighted by Gasteiger charge is -2.12. The van der Waals surface area contributed by atoms with E-state index in [-0.39, 0.29) is 4.90 Å². The quantitative estimate of drug-likeness (QED) is 0.927. The lowest BCUT2D eigenvalue weighted by molar-refractivity contribution is 0.601. The van der Waals surface area contributed by atoms with Gasteiger partial charge in [-0.15, -0.1) is 0 Å². The first-order chi connectivity index (χ1) is 9.44. The van der Waals surface area contributed by atoms with Gasteiger partial charge >= 0.3 is 0 Å². The molecule has 0 saturated carbocycles. The van der Waals surface area contributed by atoms with E-state index in [9.17, 15) is 8.42 Å². The summed E-state index contributed by atoms with van der Waals surface area (Å²) in [6.45, 7) is 3.76. The molecule has 0 heterocycles. The van der Waals surface area contributed by atoms with Crippen molar-refractivity contribution in [2.24, 2.45) is 0 Å². The molecule has 0 aliphatic heterocycles. The number of nitrogens with one attached hydrogen (secondary N) is 1. The summed E-state index contributed by atoms with van der Waals surface area (Å²) in [4.78, 5) is 0.213. The third-order valence-electron chi connectivity index (χ3n) is 3.08. The Morgan fingerprint density at radius 2 is 1.85 bits per heavy atom. The Balaban J connectivity index is 2.38. The zero-order chi connectivity index (χ0) is 14.8. The third-order valence-corrected chi connectivity index (χ3v) is 4.87. The molecule has 2 aromatic carbocycles. The number of para-hydroxylation sites is 1. The van der Waals surface area contributed by atoms with Gasteiger partial charge in [-0.2, -0.15) is 0 Å². The molecule has 0 radical (unpaired) electrons. The fraction of sp³-hybridized carbons (Fsp3) is 0.200. The van der Waals surface area contributed by atoms with Gasteiger partial charge in [0.2, 0.25) is 0 Å². The van der Waals surface area contributed by atoms with Crippen LogP contribution in [0.2, 0.25) is 5.02 Å². The molecule has 0 atom stereocenters. The summed E-state index contributed by atoms with van der Waals surface area (Å²) in [6.07, 6.45) is 0.762. The molecule has 0 fully saturated rings. The molecule has 0 unspecified atom stereocenters. The van der Waals surface area contributed by atoms with Crippen LogP contribution in [0.15, 0.2) is 47.4 Å². The van der Waals surface area contributed by atoms with Crippen molar-refractivity contribution < 1.29 is 8.42 Å². The highest BCUT2D eigenvalue weighted by Crippen LogP contribution is 2.23. The Morgan fingerprint density at radius 3 is 2.50 bits per heavy atom. The molecule has 1 N–H and O–H groups in total. The number of anilines is 1. The average Bonchev–Trinajstić information content (AvgIpc) is 2.42. The van der Waals surface area contributed by atoms with E-state index in [1.54, 1.807) is 25.1 Å². The first kappa shape index (κ1) is 14.9. The lowest BCUT2D eigenvalue weighted by Crippen LogP contribution is -2.14. The fourth-order valence-electron chi connectivity index (χ4n) is 1.92. The second-order valence-corrected chi connectivity index (χ2v) is 6.62. The van der Waals surface area contributed by atoms with Crippen LogP contribution < -0.4 is 4.72 Å². The second-order valence-electron chi connectivity index (χ2n) is 4.53. The molecule has 0 bridgehead atoms. The molecule has 3 nitrogen and oxygen atoms in total. The molecule has 0 aromatic heterocycles. The topological polar surface area (TPSA) is 46.2 Å². The summed E-state index contributed by atoms with van der Waals surface area (Å²) < 4.78 is 27.4. The van der Waals surface area contributed by atoms with Gasteiger partial charge in [-0.25, -0.2) is 8.42 Å². The van der Waals surface area contributed by atoms with Crippen molar-refractivity contribution in [1.82, 2.24) is 0 Å². The normalized spacial score (nSPS) is 11.3. The molecular weight excluding hydrogens is 294 g/mol. The Hall–Kier alpha value is -1.52. The molecule has 0 aliphatic rings. The monoisotopic (exact) mass is 309 g/mol. The number of hydrogen-bond donors (Lipinski definition) is 1. The van der Waals surface area contributed by atoms with E-state index in [1.165, 1.54) is 6.07 Å². The van der Waals surface area contributed by atoms with Crippen LogP contribution in [0.5, 0.6) is 0 Å². The molecule has 0 saturated heterocycles. The summed E-state index contributed by atoms with van der Waals surface area (Å²) in [5.41, 5.74) is 2.31. The Bertz CT molecular complexity index is 726. The van der Waals surface area contributed by atoms with Gasteiger partial charge in [0, 0.05) is 5.02 Å². The summed E-state index contributed by atoms with van der Waals surface area (Å²) in [5, 5.41) is 0.554. The largest absolute Gasteiger partial charge is 0.279 e. The van der Waals surface area contributed by atoms with Gasteiger partial charge in [0.1, 0.15) is 0 Å². The summed E-state index contributed by atoms with van der Waals surface area (Å²) in [5.74, 6) is 0. The van der Waals surface area contributed by atoms with Crippen LogP contribution in [0.4, 0.5) is 5.69 Å². The Kier molecular flexibility index (Phi) is 4.35. The zero-order valence-electron chi connectivity index (χ0n) is 11.4. The highest BCUT2D eigenvalue weighted by Gasteiger charge is 2.16. The molecule has 20 heavy (non-hydrogen) atoms. The molecule has 0 spiro atoms. The van der Waals surface area contributed by atoms with E-state index in [0.29, 0.717) is 10.7 Å². The van der Waals surface area contributed by atoms with Crippen LogP contribution in [0.3, 0.4) is 0 Å². The van der Waals surface area contributed by atoms with Crippen LogP contribution >= 0.6 is 11.6 Å². The van der Waals surface area contributed by atoms with Gasteiger partial charge in [0.15, 0.2) is 0 Å². The second kappa shape index (κ2) is 5.85. The maximum Gasteiger partial charge on any atom is 0.261 e. The van der Waals surface area contributed by atoms with Crippen LogP contribution in [0.1, 0.15) is 18.1 Å². The van der Waals surface area contributed by atoms with Gasteiger partial charge in [-0.1, -0.05) is 36.7 Å². The van der Waals surface area contributed by atoms with Crippen molar-refractivity contribution in [3.05, 3.63) is 58.6 Å². The predicted molar refractivity (Wildman–Crippen MR) is 82.8 cm³/mol. The van der Waals surface area contributed by atoms with Crippen LogP contribution in [0, 0.1) is 6.92 Å². The predicted octanol–water partition coefficient (Wildman–Crippen LogP) is 4.01. The van der Waals surface area contributed by atoms with Gasteiger partial charge in [0.25, 0.3) is 10.0 Å². The third kappa shape index (κ3) is 3.14. The van der Waals surface area contributed by atoms with Crippen LogP contribution in [-0.2, 0) is 16.4 Å². The standard InChI is InChI=1S/C15H16ClNO2S/c1-3-12-6-4-5-7-15(12)17-20(18,19)13-8-9-14(16)11(2)10-13/h4-10,17H,3H2,1-2H3. The number of benzene rings is 2. The van der Waals surface area contributed by atoms with E-state index >= 15 is 0 Å². The van der Waals surface area contributed by atoms with Gasteiger partial charge < -0.3 is 0 Å². The average molecular weight is 310 g/mol. The Morgan fingerprint density at radius 1 is 1.15 bits per heavy atom. The molecule has 0 aliphatic carbocycles. The molecular formula is C15H16ClNO2S. The van der Waals surface area contributed by atoms with Crippen molar-refractivity contribution in [3.8, 4) is 0 Å². The minimum Gasteiger partial charge on any atom is -0.279 e. The van der Waals surface area contributed by atoms with Crippen molar-refractivity contribution in [2.45, 2.75) is 25.2 Å². The molecule has 2 rings (SSSR count). The number of aryl methyl sites for hydroxylation is 2. The molecule has 2 aromatic rings. The van der Waals surface area contributed by atoms with Crippen molar-refractivity contribution >= 4 is 27.3 Å². The zero-order valence-corrected chi connectivity index (χ0v) is 12.9. The number of rotatable bonds is 4. The SMILES string of the molecule is CCc1ccccc1NS(=O)(=O)c1ccc(Cl)c(C)c1. The number of sulfonamides is 1. The van der Waals surface area contributed by atoms with E-state index in [1.807, 2.05) is 25.1 Å². The Labute approximate surface area is 124 Å². The first-order valence-electron chi connectivity index (χ1n) is 6.31. The van der Waals surface area contributed by atoms with E-state index in [4.69, 9.17) is 11.6 Å². The minimum atomic E-state index is -3.59. The molecule has 5 heteroatoms. The maximum atomic E-state index is 12.4. The van der Waals surface area contributed by atoms with Crippen molar-refractivity contribution in [2.75, 3.05) is 4.72 Å². The summed E-state index contributed by atoms with van der Waals surface area (Å²) >= 11 is 5.92. The summed E-state index contributed by atoms with van der Waals surface area (Å²) in [6, 6.07) is 12.0. The molecule has 0 amide bonds. The highest BCUT2D eigenvalue weighted by molar-refractivity contribution is 7.92. The van der Waals surface area contributed by atoms with Crippen LogP contribution in [0.25, 0.3) is 0 Å². The van der Waals surface area contributed by atoms with Crippen molar-refractivity contribution in [1.29, 1.82) is 0 Å². The van der Waals surface area contributed by atoms with Crippen LogP contribution in [-0.4, -0.2) is 8.42 Å². The summed E-state index contributed by atoms with van der Waals surface area (Å²) in [7, 11) is -3.59. The smallest absolute Gasteiger partial charge is 0.261 e. The molecule has 106 valence electrons. The first-order valence-corrected chi connectivity index (χ1v) is 8.17. The number of hydrogen-bond acceptors (Lipinski definition) is 2. The van der Waals surface area contributed by atoms with E-state index in [2.05, 4.69) is 4.72 Å².